The molecule has 2 rings (SSSR count). The van der Waals surface area contributed by atoms with Crippen LogP contribution in [-0.4, -0.2) is 6.29 Å². The fourth-order valence-corrected chi connectivity index (χ4v) is 2.95. The third-order valence-corrected chi connectivity index (χ3v) is 4.71. The predicted molar refractivity (Wildman–Crippen MR) is 91.6 cm³/mol. The lowest BCUT2D eigenvalue weighted by atomic mass is 9.94. The maximum Gasteiger partial charge on any atom is 0.150 e. The van der Waals surface area contributed by atoms with E-state index in [2.05, 4.69) is 0 Å². The van der Waals surface area contributed by atoms with Crippen molar-refractivity contribution in [3.05, 3.63) is 61.6 Å². The van der Waals surface area contributed by atoms with Gasteiger partial charge in [0.05, 0.1) is 0 Å². The van der Waals surface area contributed by atoms with Crippen molar-refractivity contribution in [1.29, 1.82) is 0 Å². The first-order valence-corrected chi connectivity index (χ1v) is 7.74. The third-order valence-electron chi connectivity index (χ3n) is 4.12. The molecule has 0 radical (unpaired) electrons. The monoisotopic (exact) mass is 336 g/mol. The van der Waals surface area contributed by atoms with Gasteiger partial charge in [-0.25, -0.2) is 0 Å². The van der Waals surface area contributed by atoms with Gasteiger partial charge in [0.2, 0.25) is 0 Å². The van der Waals surface area contributed by atoms with E-state index in [9.17, 15) is 4.79 Å². The number of carbonyl (C=O) groups excluding carboxylic acids is 1. The van der Waals surface area contributed by atoms with Gasteiger partial charge < -0.3 is 4.74 Å². The standard InChI is InChI=1S/C18H18Cl2O2/c1-10-12(3)18(13(4)11(2)16(10)8-21)22-9-14-5-6-15(19)7-17(14)20/h5-8H,9H2,1-4H3. The van der Waals surface area contributed by atoms with Crippen molar-refractivity contribution in [2.24, 2.45) is 0 Å². The first kappa shape index (κ1) is 16.9. The normalized spacial score (nSPS) is 10.6. The molecule has 0 saturated carbocycles. The van der Waals surface area contributed by atoms with Crippen LogP contribution >= 0.6 is 23.2 Å². The average molecular weight is 337 g/mol. The van der Waals surface area contributed by atoms with Crippen LogP contribution < -0.4 is 4.74 Å². The number of carbonyl (C=O) groups is 1. The Hall–Kier alpha value is -1.51. The maximum absolute atomic E-state index is 11.2. The number of hydrogen-bond donors (Lipinski definition) is 0. The van der Waals surface area contributed by atoms with Crippen molar-refractivity contribution in [2.75, 3.05) is 0 Å². The van der Waals surface area contributed by atoms with E-state index in [1.165, 1.54) is 0 Å². The first-order chi connectivity index (χ1) is 10.4. The van der Waals surface area contributed by atoms with Crippen molar-refractivity contribution in [2.45, 2.75) is 34.3 Å². The minimum Gasteiger partial charge on any atom is -0.488 e. The van der Waals surface area contributed by atoms with Crippen LogP contribution in [0, 0.1) is 27.7 Å². The predicted octanol–water partition coefficient (Wildman–Crippen LogP) is 5.62. The Morgan fingerprint density at radius 3 is 2.09 bits per heavy atom. The molecule has 0 aliphatic carbocycles. The van der Waals surface area contributed by atoms with Gasteiger partial charge in [0.1, 0.15) is 12.4 Å². The summed E-state index contributed by atoms with van der Waals surface area (Å²) in [6.45, 7) is 8.17. The largest absolute Gasteiger partial charge is 0.488 e. The maximum atomic E-state index is 11.2. The van der Waals surface area contributed by atoms with Gasteiger partial charge in [-0.2, -0.15) is 0 Å². The van der Waals surface area contributed by atoms with Crippen LogP contribution in [0.15, 0.2) is 18.2 Å². The summed E-state index contributed by atoms with van der Waals surface area (Å²) in [5.41, 5.74) is 5.49. The summed E-state index contributed by atoms with van der Waals surface area (Å²) in [4.78, 5) is 11.2. The molecule has 0 aliphatic heterocycles. The fourth-order valence-electron chi connectivity index (χ4n) is 2.49. The van der Waals surface area contributed by atoms with Gasteiger partial charge in [-0.1, -0.05) is 29.3 Å². The highest BCUT2D eigenvalue weighted by Gasteiger charge is 2.15. The number of benzene rings is 2. The highest BCUT2D eigenvalue weighted by molar-refractivity contribution is 6.35. The number of halogens is 2. The van der Waals surface area contributed by atoms with E-state index in [4.69, 9.17) is 27.9 Å². The quantitative estimate of drug-likeness (QED) is 0.677. The van der Waals surface area contributed by atoms with Gasteiger partial charge in [-0.15, -0.1) is 0 Å². The molecule has 0 unspecified atom stereocenters. The summed E-state index contributed by atoms with van der Waals surface area (Å²) < 4.78 is 5.99. The van der Waals surface area contributed by atoms with Crippen molar-refractivity contribution < 1.29 is 9.53 Å². The molecule has 22 heavy (non-hydrogen) atoms. The molecule has 0 bridgehead atoms. The molecule has 0 amide bonds. The lowest BCUT2D eigenvalue weighted by Gasteiger charge is -2.19. The second kappa shape index (κ2) is 6.72. The van der Waals surface area contributed by atoms with E-state index in [1.807, 2.05) is 33.8 Å². The average Bonchev–Trinajstić information content (AvgIpc) is 2.48. The Morgan fingerprint density at radius 2 is 1.59 bits per heavy atom. The van der Waals surface area contributed by atoms with E-state index in [-0.39, 0.29) is 0 Å². The van der Waals surface area contributed by atoms with E-state index >= 15 is 0 Å². The summed E-state index contributed by atoms with van der Waals surface area (Å²) in [6, 6.07) is 5.35. The van der Waals surface area contributed by atoms with Crippen LogP contribution in [0.5, 0.6) is 5.75 Å². The molecule has 0 aromatic heterocycles. The van der Waals surface area contributed by atoms with E-state index in [1.54, 1.807) is 12.1 Å². The Bertz CT molecular complexity index is 707. The number of aldehydes is 1. The zero-order valence-electron chi connectivity index (χ0n) is 13.1. The lowest BCUT2D eigenvalue weighted by Crippen LogP contribution is -2.05. The smallest absolute Gasteiger partial charge is 0.150 e. The number of hydrogen-bond acceptors (Lipinski definition) is 2. The molecule has 0 heterocycles. The summed E-state index contributed by atoms with van der Waals surface area (Å²) in [5.74, 6) is 0.812. The second-order valence-corrected chi connectivity index (χ2v) is 6.23. The zero-order valence-corrected chi connectivity index (χ0v) is 14.6. The molecule has 116 valence electrons. The Labute approximate surface area is 141 Å². The van der Waals surface area contributed by atoms with Crippen molar-refractivity contribution in [3.8, 4) is 5.75 Å². The van der Waals surface area contributed by atoms with Crippen LogP contribution in [0.1, 0.15) is 38.2 Å². The fraction of sp³-hybridized carbons (Fsp3) is 0.278. The zero-order chi connectivity index (χ0) is 16.4. The topological polar surface area (TPSA) is 26.3 Å². The molecular weight excluding hydrogens is 319 g/mol. The van der Waals surface area contributed by atoms with Gasteiger partial charge in [-0.05, 0) is 62.1 Å². The molecule has 4 heteroatoms. The lowest BCUT2D eigenvalue weighted by molar-refractivity contribution is 0.112. The Morgan fingerprint density at radius 1 is 1.00 bits per heavy atom. The molecule has 0 spiro atoms. The van der Waals surface area contributed by atoms with Gasteiger partial charge in [-0.3, -0.25) is 4.79 Å². The number of rotatable bonds is 4. The van der Waals surface area contributed by atoms with Gasteiger partial charge >= 0.3 is 0 Å². The molecular formula is C18H18Cl2O2. The minimum atomic E-state index is 0.358. The molecule has 0 fully saturated rings. The third kappa shape index (κ3) is 3.13. The van der Waals surface area contributed by atoms with Gasteiger partial charge in [0.15, 0.2) is 6.29 Å². The van der Waals surface area contributed by atoms with Crippen LogP contribution in [0.25, 0.3) is 0 Å². The molecule has 2 aromatic rings. The SMILES string of the molecule is Cc1c(C)c(OCc2ccc(Cl)cc2Cl)c(C)c(C)c1C=O. The highest BCUT2D eigenvalue weighted by atomic mass is 35.5. The summed E-state index contributed by atoms with van der Waals surface area (Å²) in [5, 5.41) is 1.18. The molecule has 0 N–H and O–H groups in total. The van der Waals surface area contributed by atoms with Crippen LogP contribution in [-0.2, 0) is 6.61 Å². The molecule has 2 nitrogen and oxygen atoms in total. The van der Waals surface area contributed by atoms with E-state index < -0.39 is 0 Å². The molecule has 2 aromatic carbocycles. The number of ether oxygens (including phenoxy) is 1. The van der Waals surface area contributed by atoms with Crippen LogP contribution in [0.3, 0.4) is 0 Å². The summed E-state index contributed by atoms with van der Waals surface area (Å²) in [7, 11) is 0. The summed E-state index contributed by atoms with van der Waals surface area (Å²) >= 11 is 12.1. The second-order valence-electron chi connectivity index (χ2n) is 5.39. The van der Waals surface area contributed by atoms with Gasteiger partial charge in [0, 0.05) is 21.2 Å². The van der Waals surface area contributed by atoms with Crippen LogP contribution in [0.2, 0.25) is 10.0 Å². The molecule has 0 aliphatic rings. The van der Waals surface area contributed by atoms with E-state index in [0.717, 1.165) is 45.4 Å². The molecule has 0 atom stereocenters. The minimum absolute atomic E-state index is 0.358. The molecule has 0 saturated heterocycles. The van der Waals surface area contributed by atoms with Gasteiger partial charge in [0.25, 0.3) is 0 Å². The van der Waals surface area contributed by atoms with Crippen molar-refractivity contribution >= 4 is 29.5 Å². The Balaban J connectivity index is 2.36. The van der Waals surface area contributed by atoms with Crippen molar-refractivity contribution in [1.82, 2.24) is 0 Å². The first-order valence-electron chi connectivity index (χ1n) is 6.99. The summed E-state index contributed by atoms with van der Waals surface area (Å²) in [6.07, 6.45) is 0.907. The van der Waals surface area contributed by atoms with E-state index in [0.29, 0.717) is 16.7 Å². The van der Waals surface area contributed by atoms with Crippen molar-refractivity contribution in [3.63, 3.8) is 0 Å². The highest BCUT2D eigenvalue weighted by Crippen LogP contribution is 2.33. The van der Waals surface area contributed by atoms with Crippen LogP contribution in [0.4, 0.5) is 0 Å². The Kier molecular flexibility index (Phi) is 5.15.